The van der Waals surface area contributed by atoms with E-state index in [1.165, 1.54) is 0 Å². The summed E-state index contributed by atoms with van der Waals surface area (Å²) in [5, 5.41) is 15.5. The van der Waals surface area contributed by atoms with Crippen LogP contribution in [-0.4, -0.2) is 33.5 Å². The predicted octanol–water partition coefficient (Wildman–Crippen LogP) is 0.278. The molecule has 9 heavy (non-hydrogen) atoms. The molecule has 0 aliphatic rings. The zero-order valence-electron chi connectivity index (χ0n) is 4.42. The molecule has 0 aromatic heterocycles. The minimum Gasteiger partial charge on any atom is -0.480 e. The largest absolute Gasteiger partial charge is 0.480 e. The quantitative estimate of drug-likeness (QED) is 0.602. The Bertz CT molecular complexity index is 106. The third kappa shape index (κ3) is 2.89. The van der Waals surface area contributed by atoms with Crippen LogP contribution in [0.5, 0.6) is 0 Å². The normalized spacial score (nSPS) is 16.8. The minimum atomic E-state index is -1.30. The first-order valence-electron chi connectivity index (χ1n) is 2.20. The fourth-order valence-electron chi connectivity index (χ4n) is 0.243. The molecule has 2 N–H and O–H groups in total. The summed E-state index contributed by atoms with van der Waals surface area (Å²) < 4.78 is 0. The van der Waals surface area contributed by atoms with Crippen LogP contribution in [0.2, 0.25) is 0 Å². The van der Waals surface area contributed by atoms with E-state index in [1.807, 2.05) is 0 Å². The molecule has 0 spiro atoms. The first-order chi connectivity index (χ1) is 4.09. The van der Waals surface area contributed by atoms with Gasteiger partial charge in [-0.05, 0) is 0 Å². The molecule has 54 valence electrons. The van der Waals surface area contributed by atoms with Gasteiger partial charge in [-0.25, -0.2) is 0 Å². The Morgan fingerprint density at radius 1 is 1.67 bits per heavy atom. The van der Waals surface area contributed by atoms with Crippen molar-refractivity contribution < 1.29 is 15.0 Å². The van der Waals surface area contributed by atoms with Gasteiger partial charge in [0.15, 0.2) is 5.38 Å². The summed E-state index contributed by atoms with van der Waals surface area (Å²) >= 11 is 10.2. The molecular weight excluding hydrogens is 167 g/mol. The summed E-state index contributed by atoms with van der Waals surface area (Å²) in [6.45, 7) is 0. The van der Waals surface area contributed by atoms with E-state index in [-0.39, 0.29) is 5.88 Å². The van der Waals surface area contributed by atoms with Crippen molar-refractivity contribution in [3.8, 4) is 0 Å². The number of halogens is 2. The van der Waals surface area contributed by atoms with Crippen molar-refractivity contribution in [2.24, 2.45) is 0 Å². The lowest BCUT2D eigenvalue weighted by molar-refractivity contribution is -0.138. The number of alkyl halides is 2. The molecule has 0 aliphatic carbocycles. The van der Waals surface area contributed by atoms with Crippen LogP contribution in [-0.2, 0) is 4.79 Å². The molecule has 0 unspecified atom stereocenters. The number of aliphatic hydroxyl groups excluding tert-OH is 1. The monoisotopic (exact) mass is 172 g/mol. The van der Waals surface area contributed by atoms with E-state index >= 15 is 0 Å². The van der Waals surface area contributed by atoms with Crippen LogP contribution in [0.4, 0.5) is 0 Å². The zero-order valence-corrected chi connectivity index (χ0v) is 5.93. The average Bonchev–Trinajstić information content (AvgIpc) is 1.84. The van der Waals surface area contributed by atoms with Crippen molar-refractivity contribution in [3.63, 3.8) is 0 Å². The predicted molar refractivity (Wildman–Crippen MR) is 34.0 cm³/mol. The summed E-state index contributed by atoms with van der Waals surface area (Å²) in [5.74, 6) is -1.43. The second-order valence-electron chi connectivity index (χ2n) is 1.46. The number of aliphatic hydroxyl groups is 1. The molecule has 0 radical (unpaired) electrons. The number of rotatable bonds is 3. The highest BCUT2D eigenvalue weighted by atomic mass is 35.5. The van der Waals surface area contributed by atoms with Crippen molar-refractivity contribution in [1.82, 2.24) is 0 Å². The van der Waals surface area contributed by atoms with E-state index in [1.54, 1.807) is 0 Å². The summed E-state index contributed by atoms with van der Waals surface area (Å²) in [6.07, 6.45) is -1.18. The minimum absolute atomic E-state index is 0.166. The van der Waals surface area contributed by atoms with Gasteiger partial charge < -0.3 is 10.2 Å². The fraction of sp³-hybridized carbons (Fsp3) is 0.750. The Morgan fingerprint density at radius 3 is 2.22 bits per heavy atom. The van der Waals surface area contributed by atoms with E-state index in [4.69, 9.17) is 33.4 Å². The number of aliphatic carboxylic acids is 1. The highest BCUT2D eigenvalue weighted by molar-refractivity contribution is 6.30. The molecule has 2 atom stereocenters. The molecule has 0 amide bonds. The van der Waals surface area contributed by atoms with E-state index < -0.39 is 17.5 Å². The van der Waals surface area contributed by atoms with Gasteiger partial charge in [-0.1, -0.05) is 0 Å². The smallest absolute Gasteiger partial charge is 0.324 e. The number of carbonyl (C=O) groups is 1. The van der Waals surface area contributed by atoms with Gasteiger partial charge >= 0.3 is 5.97 Å². The molecule has 5 heteroatoms. The summed E-state index contributed by atoms with van der Waals surface area (Å²) in [4.78, 5) is 9.95. The molecule has 0 aromatic carbocycles. The lowest BCUT2D eigenvalue weighted by Crippen LogP contribution is -2.29. The lowest BCUT2D eigenvalue weighted by Gasteiger charge is -2.07. The van der Waals surface area contributed by atoms with Crippen LogP contribution in [0.1, 0.15) is 0 Å². The Hall–Kier alpha value is 0.01000. The third-order valence-corrected chi connectivity index (χ3v) is 1.53. The van der Waals surface area contributed by atoms with Gasteiger partial charge in [0, 0.05) is 0 Å². The van der Waals surface area contributed by atoms with E-state index in [2.05, 4.69) is 0 Å². The Labute approximate surface area is 62.2 Å². The van der Waals surface area contributed by atoms with Crippen LogP contribution < -0.4 is 0 Å². The number of hydrogen-bond acceptors (Lipinski definition) is 2. The molecule has 0 fully saturated rings. The molecule has 3 nitrogen and oxygen atoms in total. The van der Waals surface area contributed by atoms with Gasteiger partial charge in [-0.2, -0.15) is 0 Å². The van der Waals surface area contributed by atoms with Crippen LogP contribution >= 0.6 is 23.2 Å². The second-order valence-corrected chi connectivity index (χ2v) is 2.24. The summed E-state index contributed by atoms with van der Waals surface area (Å²) in [7, 11) is 0. The van der Waals surface area contributed by atoms with E-state index in [0.29, 0.717) is 0 Å². The van der Waals surface area contributed by atoms with E-state index in [9.17, 15) is 4.79 Å². The van der Waals surface area contributed by atoms with Gasteiger partial charge in [0.2, 0.25) is 0 Å². The third-order valence-electron chi connectivity index (χ3n) is 0.732. The van der Waals surface area contributed by atoms with E-state index in [0.717, 1.165) is 0 Å². The highest BCUT2D eigenvalue weighted by Crippen LogP contribution is 2.03. The molecule has 0 rings (SSSR count). The topological polar surface area (TPSA) is 57.5 Å². The van der Waals surface area contributed by atoms with Gasteiger partial charge in [-0.3, -0.25) is 4.79 Å². The molecular formula is C4H6Cl2O3. The summed E-state index contributed by atoms with van der Waals surface area (Å²) in [6, 6.07) is 0. The van der Waals surface area contributed by atoms with Crippen molar-refractivity contribution in [2.45, 2.75) is 11.5 Å². The highest BCUT2D eigenvalue weighted by Gasteiger charge is 2.22. The SMILES string of the molecule is O=C(O)[C@H](Cl)[C@H](O)CCl. The zero-order chi connectivity index (χ0) is 7.44. The van der Waals surface area contributed by atoms with Crippen molar-refractivity contribution >= 4 is 29.2 Å². The van der Waals surface area contributed by atoms with Crippen LogP contribution in [0.25, 0.3) is 0 Å². The van der Waals surface area contributed by atoms with Gasteiger partial charge in [0.05, 0.1) is 12.0 Å². The number of carboxylic acid groups (broad SMARTS) is 1. The molecule has 0 aliphatic heterocycles. The van der Waals surface area contributed by atoms with Crippen LogP contribution in [0, 0.1) is 0 Å². The molecule has 0 saturated carbocycles. The maximum Gasteiger partial charge on any atom is 0.324 e. The first-order valence-corrected chi connectivity index (χ1v) is 3.17. The maximum atomic E-state index is 9.95. The summed E-state index contributed by atoms with van der Waals surface area (Å²) in [5.41, 5.74) is 0. The molecule has 0 saturated heterocycles. The lowest BCUT2D eigenvalue weighted by atomic mass is 10.3. The average molecular weight is 173 g/mol. The molecule has 0 heterocycles. The second kappa shape index (κ2) is 3.93. The maximum absolute atomic E-state index is 9.95. The van der Waals surface area contributed by atoms with Gasteiger partial charge in [0.25, 0.3) is 0 Å². The molecule has 0 bridgehead atoms. The van der Waals surface area contributed by atoms with Crippen LogP contribution in [0.15, 0.2) is 0 Å². The molecule has 0 aromatic rings. The Kier molecular flexibility index (Phi) is 3.93. The Morgan fingerprint density at radius 2 is 2.11 bits per heavy atom. The van der Waals surface area contributed by atoms with Crippen molar-refractivity contribution in [1.29, 1.82) is 0 Å². The van der Waals surface area contributed by atoms with Crippen LogP contribution in [0.3, 0.4) is 0 Å². The van der Waals surface area contributed by atoms with Crippen molar-refractivity contribution in [2.75, 3.05) is 5.88 Å². The number of hydrogen-bond donors (Lipinski definition) is 2. The fourth-order valence-corrected chi connectivity index (χ4v) is 0.601. The van der Waals surface area contributed by atoms with Crippen molar-refractivity contribution in [3.05, 3.63) is 0 Å². The van der Waals surface area contributed by atoms with Gasteiger partial charge in [0.1, 0.15) is 0 Å². The standard InChI is InChI=1S/C4H6Cl2O3/c5-1-2(7)3(6)4(8)9/h2-3,7H,1H2,(H,8,9)/t2-,3-/m1/s1. The number of carboxylic acids is 1. The van der Waals surface area contributed by atoms with Gasteiger partial charge in [-0.15, -0.1) is 23.2 Å². The first kappa shape index (κ1) is 9.01. The Balaban J connectivity index is 3.72.